The van der Waals surface area contributed by atoms with E-state index in [0.29, 0.717) is 12.0 Å². The average molecular weight is 374 g/mol. The third kappa shape index (κ3) is 4.11. The maximum atomic E-state index is 13.9. The first-order chi connectivity index (χ1) is 10.0. The normalized spacial score (nSPS) is 12.6. The number of rotatable bonds is 6. The van der Waals surface area contributed by atoms with Crippen LogP contribution in [-0.4, -0.2) is 6.54 Å². The van der Waals surface area contributed by atoms with Gasteiger partial charge in [-0.25, -0.2) is 8.78 Å². The zero-order chi connectivity index (χ0) is 15.4. The Hall–Kier alpha value is -0.780. The lowest BCUT2D eigenvalue weighted by atomic mass is 10.0. The first-order valence-corrected chi connectivity index (χ1v) is 8.56. The molecular formula is C16H18BrF2NS. The largest absolute Gasteiger partial charge is 0.309 e. The van der Waals surface area contributed by atoms with Crippen LogP contribution in [0.15, 0.2) is 28.7 Å². The van der Waals surface area contributed by atoms with Crippen LogP contribution in [0.4, 0.5) is 8.78 Å². The molecule has 1 aromatic heterocycles. The van der Waals surface area contributed by atoms with Crippen LogP contribution in [-0.2, 0) is 6.42 Å². The number of hydrogen-bond donors (Lipinski definition) is 1. The third-order valence-electron chi connectivity index (χ3n) is 3.25. The number of aryl methyl sites for hydroxylation is 1. The lowest BCUT2D eigenvalue weighted by Gasteiger charge is -2.18. The molecule has 2 rings (SSSR count). The Morgan fingerprint density at radius 2 is 2.10 bits per heavy atom. The molecule has 0 saturated heterocycles. The quantitative estimate of drug-likeness (QED) is 0.716. The second-order valence-corrected chi connectivity index (χ2v) is 7.14. The fourth-order valence-electron chi connectivity index (χ4n) is 2.24. The molecule has 0 bridgehead atoms. The zero-order valence-electron chi connectivity index (χ0n) is 12.1. The predicted molar refractivity (Wildman–Crippen MR) is 87.9 cm³/mol. The minimum absolute atomic E-state index is 0.0191. The first-order valence-electron chi connectivity index (χ1n) is 6.95. The fraction of sp³-hybridized carbons (Fsp3) is 0.375. The van der Waals surface area contributed by atoms with E-state index in [1.54, 1.807) is 23.5 Å². The van der Waals surface area contributed by atoms with Crippen molar-refractivity contribution in [2.75, 3.05) is 6.54 Å². The number of benzene rings is 1. The molecule has 2 aromatic rings. The molecule has 0 fully saturated rings. The van der Waals surface area contributed by atoms with Crippen molar-refractivity contribution in [2.24, 2.45) is 0 Å². The van der Waals surface area contributed by atoms with E-state index in [1.807, 2.05) is 6.92 Å². The van der Waals surface area contributed by atoms with Gasteiger partial charge in [0.05, 0.1) is 0 Å². The highest BCUT2D eigenvalue weighted by Gasteiger charge is 2.19. The summed E-state index contributed by atoms with van der Waals surface area (Å²) in [5.74, 6) is -1.53. The molecule has 1 aromatic carbocycles. The highest BCUT2D eigenvalue weighted by molar-refractivity contribution is 9.10. The molecule has 1 N–H and O–H groups in total. The second-order valence-electron chi connectivity index (χ2n) is 4.99. The summed E-state index contributed by atoms with van der Waals surface area (Å²) in [4.78, 5) is 2.32. The van der Waals surface area contributed by atoms with Crippen molar-refractivity contribution in [3.05, 3.63) is 55.7 Å². The molecule has 0 spiro atoms. The fourth-order valence-corrected chi connectivity index (χ4v) is 4.24. The van der Waals surface area contributed by atoms with E-state index >= 15 is 0 Å². The van der Waals surface area contributed by atoms with Crippen molar-refractivity contribution in [2.45, 2.75) is 32.7 Å². The summed E-state index contributed by atoms with van der Waals surface area (Å²) in [5, 5.41) is 3.43. The highest BCUT2D eigenvalue weighted by atomic mass is 79.9. The van der Waals surface area contributed by atoms with Crippen molar-refractivity contribution in [3.8, 4) is 0 Å². The van der Waals surface area contributed by atoms with E-state index in [0.717, 1.165) is 28.4 Å². The maximum absolute atomic E-state index is 13.9. The monoisotopic (exact) mass is 373 g/mol. The molecule has 0 amide bonds. The van der Waals surface area contributed by atoms with Gasteiger partial charge >= 0.3 is 0 Å². The maximum Gasteiger partial charge on any atom is 0.162 e. The topological polar surface area (TPSA) is 12.0 Å². The van der Waals surface area contributed by atoms with Gasteiger partial charge in [-0.3, -0.25) is 0 Å². The smallest absolute Gasteiger partial charge is 0.162 e. The standard InChI is InChI=1S/C16H18BrF2NS/c1-3-7-20-14(16-12(17)8-10(2)21-16)9-11-5-4-6-13(18)15(11)19/h4-6,8,14,20H,3,7,9H2,1-2H3. The van der Waals surface area contributed by atoms with E-state index in [2.05, 4.69) is 34.2 Å². The van der Waals surface area contributed by atoms with Crippen LogP contribution in [0, 0.1) is 18.6 Å². The molecule has 1 atom stereocenters. The number of nitrogens with one attached hydrogen (secondary N) is 1. The molecule has 0 radical (unpaired) electrons. The lowest BCUT2D eigenvalue weighted by Crippen LogP contribution is -2.24. The predicted octanol–water partition coefficient (Wildman–Crippen LogP) is 5.38. The van der Waals surface area contributed by atoms with Crippen LogP contribution in [0.2, 0.25) is 0 Å². The molecule has 1 heterocycles. The van der Waals surface area contributed by atoms with Gasteiger partial charge in [0.2, 0.25) is 0 Å². The number of thiophene rings is 1. The molecule has 21 heavy (non-hydrogen) atoms. The van der Waals surface area contributed by atoms with Gasteiger partial charge in [0, 0.05) is 20.3 Å². The van der Waals surface area contributed by atoms with Crippen LogP contribution >= 0.6 is 27.3 Å². The van der Waals surface area contributed by atoms with Crippen LogP contribution < -0.4 is 5.32 Å². The van der Waals surface area contributed by atoms with Gasteiger partial charge in [0.15, 0.2) is 11.6 Å². The van der Waals surface area contributed by atoms with Crippen molar-refractivity contribution < 1.29 is 8.78 Å². The Kier molecular flexibility index (Phi) is 5.90. The van der Waals surface area contributed by atoms with Crippen molar-refractivity contribution in [1.82, 2.24) is 5.32 Å². The second kappa shape index (κ2) is 7.47. The molecule has 0 aliphatic heterocycles. The Labute approximate surface area is 136 Å². The molecule has 1 unspecified atom stereocenters. The molecule has 0 aliphatic carbocycles. The Bertz CT molecular complexity index is 612. The Morgan fingerprint density at radius 1 is 1.33 bits per heavy atom. The van der Waals surface area contributed by atoms with Gasteiger partial charge in [-0.05, 0) is 59.9 Å². The van der Waals surface area contributed by atoms with E-state index < -0.39 is 11.6 Å². The van der Waals surface area contributed by atoms with Gasteiger partial charge in [-0.1, -0.05) is 19.1 Å². The minimum Gasteiger partial charge on any atom is -0.309 e. The minimum atomic E-state index is -0.789. The van der Waals surface area contributed by atoms with E-state index in [1.165, 1.54) is 4.88 Å². The van der Waals surface area contributed by atoms with Crippen molar-refractivity contribution >= 4 is 27.3 Å². The molecule has 5 heteroatoms. The van der Waals surface area contributed by atoms with Gasteiger partial charge in [0.1, 0.15) is 0 Å². The van der Waals surface area contributed by atoms with E-state index in [4.69, 9.17) is 0 Å². The lowest BCUT2D eigenvalue weighted by molar-refractivity contribution is 0.479. The molecule has 0 aliphatic rings. The SMILES string of the molecule is CCCNC(Cc1cccc(F)c1F)c1sc(C)cc1Br. The Morgan fingerprint density at radius 3 is 2.71 bits per heavy atom. The third-order valence-corrected chi connectivity index (χ3v) is 5.33. The van der Waals surface area contributed by atoms with E-state index in [9.17, 15) is 8.78 Å². The van der Waals surface area contributed by atoms with Gasteiger partial charge in [-0.15, -0.1) is 11.3 Å². The summed E-state index contributed by atoms with van der Waals surface area (Å²) < 4.78 is 28.3. The van der Waals surface area contributed by atoms with Crippen LogP contribution in [0.5, 0.6) is 0 Å². The van der Waals surface area contributed by atoms with Gasteiger partial charge in [-0.2, -0.15) is 0 Å². The first kappa shape index (κ1) is 16.6. The molecule has 1 nitrogen and oxygen atoms in total. The van der Waals surface area contributed by atoms with Crippen LogP contribution in [0.25, 0.3) is 0 Å². The zero-order valence-corrected chi connectivity index (χ0v) is 14.5. The molecular weight excluding hydrogens is 356 g/mol. The summed E-state index contributed by atoms with van der Waals surface area (Å²) in [7, 11) is 0. The van der Waals surface area contributed by atoms with Crippen LogP contribution in [0.1, 0.15) is 34.7 Å². The average Bonchev–Trinajstić information content (AvgIpc) is 2.78. The number of hydrogen-bond acceptors (Lipinski definition) is 2. The van der Waals surface area contributed by atoms with Crippen molar-refractivity contribution in [1.29, 1.82) is 0 Å². The summed E-state index contributed by atoms with van der Waals surface area (Å²) in [6.07, 6.45) is 1.42. The molecule has 0 saturated carbocycles. The summed E-state index contributed by atoms with van der Waals surface area (Å²) >= 11 is 5.24. The van der Waals surface area contributed by atoms with Crippen LogP contribution in [0.3, 0.4) is 0 Å². The highest BCUT2D eigenvalue weighted by Crippen LogP contribution is 2.34. The molecule has 114 valence electrons. The number of halogens is 3. The van der Waals surface area contributed by atoms with E-state index in [-0.39, 0.29) is 6.04 Å². The summed E-state index contributed by atoms with van der Waals surface area (Å²) in [5.41, 5.74) is 0.404. The van der Waals surface area contributed by atoms with Gasteiger partial charge < -0.3 is 5.32 Å². The Balaban J connectivity index is 2.28. The van der Waals surface area contributed by atoms with Crippen molar-refractivity contribution in [3.63, 3.8) is 0 Å². The summed E-state index contributed by atoms with van der Waals surface area (Å²) in [6.45, 7) is 4.96. The van der Waals surface area contributed by atoms with Gasteiger partial charge in [0.25, 0.3) is 0 Å². The summed E-state index contributed by atoms with van der Waals surface area (Å²) in [6, 6.07) is 6.39.